The van der Waals surface area contributed by atoms with E-state index in [1.807, 2.05) is 12.1 Å². The lowest BCUT2D eigenvalue weighted by atomic mass is 10.2. The Morgan fingerprint density at radius 1 is 1.55 bits per heavy atom. The number of rotatable bonds is 3. The van der Waals surface area contributed by atoms with Gasteiger partial charge >= 0.3 is 0 Å². The van der Waals surface area contributed by atoms with Crippen LogP contribution in [0.15, 0.2) is 20.4 Å². The number of hydrogen-bond donors (Lipinski definition) is 1. The van der Waals surface area contributed by atoms with Gasteiger partial charge in [-0.05, 0) is 35.0 Å². The molecule has 110 valence electrons. The van der Waals surface area contributed by atoms with E-state index in [0.717, 1.165) is 34.8 Å². The maximum atomic E-state index is 5.35. The predicted octanol–water partition coefficient (Wildman–Crippen LogP) is 2.78. The molecule has 2 aromatic heterocycles. The summed E-state index contributed by atoms with van der Waals surface area (Å²) in [5, 5.41) is 7.42. The Bertz CT molecular complexity index is 561. The first-order chi connectivity index (χ1) is 9.22. The molecule has 0 bridgehead atoms. The van der Waals surface area contributed by atoms with Gasteiger partial charge in [0.05, 0.1) is 15.2 Å². The highest BCUT2D eigenvalue weighted by Crippen LogP contribution is 2.29. The minimum Gasteiger partial charge on any atom is -0.338 e. The van der Waals surface area contributed by atoms with Gasteiger partial charge in [0.1, 0.15) is 0 Å². The molecule has 5 nitrogen and oxygen atoms in total. The quantitative estimate of drug-likeness (QED) is 0.889. The molecule has 3 heterocycles. The molecule has 1 saturated heterocycles. The van der Waals surface area contributed by atoms with Crippen molar-refractivity contribution in [2.24, 2.45) is 0 Å². The first-order valence-corrected chi connectivity index (χ1v) is 7.86. The minimum absolute atomic E-state index is 0. The molecule has 0 saturated carbocycles. The van der Waals surface area contributed by atoms with Gasteiger partial charge in [0.15, 0.2) is 0 Å². The number of aromatic nitrogens is 2. The largest absolute Gasteiger partial charge is 0.338 e. The molecular weight excluding hydrogens is 364 g/mol. The fourth-order valence-electron chi connectivity index (χ4n) is 2.15. The van der Waals surface area contributed by atoms with E-state index in [-0.39, 0.29) is 12.4 Å². The molecular formula is C12H16BrClN4OS. The van der Waals surface area contributed by atoms with Gasteiger partial charge in [-0.25, -0.2) is 0 Å². The fraction of sp³-hybridized carbons (Fsp3) is 0.500. The summed E-state index contributed by atoms with van der Waals surface area (Å²) in [5.41, 5.74) is 0. The van der Waals surface area contributed by atoms with Crippen LogP contribution in [0.4, 0.5) is 0 Å². The third-order valence-electron chi connectivity index (χ3n) is 3.24. The zero-order valence-electron chi connectivity index (χ0n) is 11.0. The second-order valence-electron chi connectivity index (χ2n) is 4.64. The zero-order valence-corrected chi connectivity index (χ0v) is 14.2. The molecule has 0 radical (unpaired) electrons. The first-order valence-electron chi connectivity index (χ1n) is 6.25. The molecule has 1 atom stereocenters. The maximum Gasteiger partial charge on any atom is 0.241 e. The van der Waals surface area contributed by atoms with Crippen molar-refractivity contribution in [1.82, 2.24) is 20.4 Å². The molecule has 1 aliphatic rings. The Balaban J connectivity index is 0.00000147. The molecule has 0 spiro atoms. The Labute approximate surface area is 136 Å². The minimum atomic E-state index is 0. The number of nitrogens with zero attached hydrogens (tertiary/aromatic N) is 3. The van der Waals surface area contributed by atoms with E-state index in [4.69, 9.17) is 4.52 Å². The van der Waals surface area contributed by atoms with Crippen LogP contribution in [-0.2, 0) is 6.54 Å². The van der Waals surface area contributed by atoms with Crippen molar-refractivity contribution >= 4 is 39.7 Å². The molecule has 2 aromatic rings. The molecule has 8 heteroatoms. The van der Waals surface area contributed by atoms with Crippen LogP contribution in [-0.4, -0.2) is 40.7 Å². The highest BCUT2D eigenvalue weighted by atomic mass is 79.9. The summed E-state index contributed by atoms with van der Waals surface area (Å²) < 4.78 is 6.42. The van der Waals surface area contributed by atoms with Crippen LogP contribution in [0, 0.1) is 0 Å². The highest BCUT2D eigenvalue weighted by molar-refractivity contribution is 9.11. The summed E-state index contributed by atoms with van der Waals surface area (Å²) >= 11 is 5.05. The molecule has 1 aliphatic heterocycles. The number of nitrogens with one attached hydrogen (secondary N) is 1. The summed E-state index contributed by atoms with van der Waals surface area (Å²) in [6.45, 7) is 5.98. The van der Waals surface area contributed by atoms with E-state index < -0.39 is 0 Å². The third-order valence-corrected chi connectivity index (χ3v) is 4.86. The Hall–Kier alpha value is -0.470. The zero-order chi connectivity index (χ0) is 13.2. The van der Waals surface area contributed by atoms with Gasteiger partial charge in [-0.1, -0.05) is 5.16 Å². The van der Waals surface area contributed by atoms with Gasteiger partial charge in [-0.3, -0.25) is 4.90 Å². The lowest BCUT2D eigenvalue weighted by Crippen LogP contribution is -2.49. The molecule has 20 heavy (non-hydrogen) atoms. The van der Waals surface area contributed by atoms with E-state index in [2.05, 4.69) is 43.2 Å². The first kappa shape index (κ1) is 15.9. The molecule has 1 N–H and O–H groups in total. The molecule has 3 rings (SSSR count). The standard InChI is InChI=1S/C12H15BrN4OS.ClH/c1-8-6-14-4-5-17(8)7-11-15-12(16-18-11)9-2-3-10(13)19-9;/h2-3,8,14H,4-7H2,1H3;1H/t8-;/m1./s1. The number of thiophene rings is 1. The van der Waals surface area contributed by atoms with Gasteiger partial charge in [-0.2, -0.15) is 4.98 Å². The number of hydrogen-bond acceptors (Lipinski definition) is 6. The third kappa shape index (κ3) is 3.59. The second-order valence-corrected chi connectivity index (χ2v) is 7.10. The average molecular weight is 380 g/mol. The van der Waals surface area contributed by atoms with Gasteiger partial charge < -0.3 is 9.84 Å². The van der Waals surface area contributed by atoms with Gasteiger partial charge in [0.25, 0.3) is 0 Å². The van der Waals surface area contributed by atoms with Gasteiger partial charge in [0, 0.05) is 25.7 Å². The van der Waals surface area contributed by atoms with Crippen molar-refractivity contribution in [3.05, 3.63) is 21.8 Å². The van der Waals surface area contributed by atoms with E-state index >= 15 is 0 Å². The lowest BCUT2D eigenvalue weighted by molar-refractivity contribution is 0.146. The van der Waals surface area contributed by atoms with E-state index in [1.165, 1.54) is 0 Å². The summed E-state index contributed by atoms with van der Waals surface area (Å²) in [7, 11) is 0. The van der Waals surface area contributed by atoms with Crippen LogP contribution in [0.3, 0.4) is 0 Å². The van der Waals surface area contributed by atoms with E-state index in [1.54, 1.807) is 11.3 Å². The van der Waals surface area contributed by atoms with Crippen LogP contribution < -0.4 is 5.32 Å². The van der Waals surface area contributed by atoms with Crippen molar-refractivity contribution in [2.45, 2.75) is 19.5 Å². The van der Waals surface area contributed by atoms with Crippen molar-refractivity contribution in [1.29, 1.82) is 0 Å². The SMILES string of the molecule is C[C@@H]1CNCCN1Cc1nc(-c2ccc(Br)s2)no1.Cl. The van der Waals surface area contributed by atoms with Crippen molar-refractivity contribution in [3.8, 4) is 10.7 Å². The maximum absolute atomic E-state index is 5.35. The van der Waals surface area contributed by atoms with Gasteiger partial charge in [-0.15, -0.1) is 23.7 Å². The topological polar surface area (TPSA) is 54.2 Å². The average Bonchev–Trinajstić information content (AvgIpc) is 3.01. The van der Waals surface area contributed by atoms with Crippen LogP contribution in [0.25, 0.3) is 10.7 Å². The molecule has 0 aromatic carbocycles. The Morgan fingerprint density at radius 2 is 2.40 bits per heavy atom. The van der Waals surface area contributed by atoms with Crippen molar-refractivity contribution in [2.75, 3.05) is 19.6 Å². The number of halogens is 2. The molecule has 1 fully saturated rings. The van der Waals surface area contributed by atoms with E-state index in [0.29, 0.717) is 17.8 Å². The molecule has 0 unspecified atom stereocenters. The highest BCUT2D eigenvalue weighted by Gasteiger charge is 2.20. The smallest absolute Gasteiger partial charge is 0.241 e. The summed E-state index contributed by atoms with van der Waals surface area (Å²) in [6, 6.07) is 4.49. The predicted molar refractivity (Wildman–Crippen MR) is 85.3 cm³/mol. The lowest BCUT2D eigenvalue weighted by Gasteiger charge is -2.32. The summed E-state index contributed by atoms with van der Waals surface area (Å²) in [4.78, 5) is 7.85. The normalized spacial score (nSPS) is 19.8. The Morgan fingerprint density at radius 3 is 3.10 bits per heavy atom. The van der Waals surface area contributed by atoms with Crippen molar-refractivity contribution in [3.63, 3.8) is 0 Å². The van der Waals surface area contributed by atoms with Gasteiger partial charge in [0.2, 0.25) is 11.7 Å². The van der Waals surface area contributed by atoms with Crippen LogP contribution in [0.2, 0.25) is 0 Å². The molecule has 0 aliphatic carbocycles. The summed E-state index contributed by atoms with van der Waals surface area (Å²) in [5.74, 6) is 1.36. The monoisotopic (exact) mass is 378 g/mol. The molecule has 0 amide bonds. The second kappa shape index (κ2) is 7.00. The summed E-state index contributed by atoms with van der Waals surface area (Å²) in [6.07, 6.45) is 0. The van der Waals surface area contributed by atoms with Crippen LogP contribution in [0.1, 0.15) is 12.8 Å². The van der Waals surface area contributed by atoms with Crippen LogP contribution >= 0.6 is 39.7 Å². The van der Waals surface area contributed by atoms with Crippen molar-refractivity contribution < 1.29 is 4.52 Å². The Kier molecular flexibility index (Phi) is 5.57. The fourth-order valence-corrected chi connectivity index (χ4v) is 3.46. The number of piperazine rings is 1. The van der Waals surface area contributed by atoms with E-state index in [9.17, 15) is 0 Å². The van der Waals surface area contributed by atoms with Crippen LogP contribution in [0.5, 0.6) is 0 Å².